The average molecular weight is 366 g/mol. The van der Waals surface area contributed by atoms with Gasteiger partial charge in [0.1, 0.15) is 5.82 Å². The van der Waals surface area contributed by atoms with E-state index in [9.17, 15) is 9.18 Å². The Balaban J connectivity index is 1.43. The maximum atomic E-state index is 13.2. The van der Waals surface area contributed by atoms with Crippen molar-refractivity contribution in [2.45, 2.75) is 38.3 Å². The normalized spacial score (nSPS) is 19.1. The third-order valence-corrected chi connectivity index (χ3v) is 5.32. The molecule has 1 amide bonds. The molecule has 4 nitrogen and oxygen atoms in total. The first-order chi connectivity index (χ1) is 13.2. The summed E-state index contributed by atoms with van der Waals surface area (Å²) in [5.41, 5.74) is 2.89. The van der Waals surface area contributed by atoms with Crippen molar-refractivity contribution in [3.8, 4) is 0 Å². The molecule has 140 valence electrons. The SMILES string of the molecule is O=C(C1CCC1)N(Cc1ccc(F)cc1)C[C@H]1CC(c2ccccc2)=NO1. The zero-order valence-corrected chi connectivity index (χ0v) is 15.2. The Hall–Kier alpha value is -2.69. The molecule has 0 bridgehead atoms. The molecular formula is C22H23FN2O2. The highest BCUT2D eigenvalue weighted by Gasteiger charge is 2.32. The van der Waals surface area contributed by atoms with Gasteiger partial charge in [-0.1, -0.05) is 54.0 Å². The number of amides is 1. The van der Waals surface area contributed by atoms with Gasteiger partial charge in [-0.2, -0.15) is 0 Å². The molecule has 1 atom stereocenters. The zero-order valence-electron chi connectivity index (χ0n) is 15.2. The van der Waals surface area contributed by atoms with Gasteiger partial charge in [0.25, 0.3) is 0 Å². The van der Waals surface area contributed by atoms with Crippen LogP contribution in [0.3, 0.4) is 0 Å². The molecule has 0 unspecified atom stereocenters. The van der Waals surface area contributed by atoms with Gasteiger partial charge in [0.05, 0.1) is 12.3 Å². The zero-order chi connectivity index (χ0) is 18.6. The number of nitrogens with zero attached hydrogens (tertiary/aromatic N) is 2. The highest BCUT2D eigenvalue weighted by Crippen LogP contribution is 2.29. The van der Waals surface area contributed by atoms with E-state index in [1.807, 2.05) is 35.2 Å². The number of hydrogen-bond acceptors (Lipinski definition) is 3. The van der Waals surface area contributed by atoms with Gasteiger partial charge in [0.15, 0.2) is 6.10 Å². The van der Waals surface area contributed by atoms with Crippen LogP contribution in [0.4, 0.5) is 4.39 Å². The van der Waals surface area contributed by atoms with Gasteiger partial charge in [-0.3, -0.25) is 4.79 Å². The first-order valence-electron chi connectivity index (χ1n) is 9.50. The Morgan fingerprint density at radius 3 is 2.52 bits per heavy atom. The number of hydrogen-bond donors (Lipinski definition) is 0. The number of benzene rings is 2. The lowest BCUT2D eigenvalue weighted by molar-refractivity contribution is -0.140. The Kier molecular flexibility index (Phi) is 5.19. The Morgan fingerprint density at radius 1 is 1.11 bits per heavy atom. The van der Waals surface area contributed by atoms with Crippen LogP contribution in [0.25, 0.3) is 0 Å². The van der Waals surface area contributed by atoms with Crippen LogP contribution < -0.4 is 0 Å². The number of rotatable bonds is 6. The van der Waals surface area contributed by atoms with Gasteiger partial charge in [-0.25, -0.2) is 4.39 Å². The second-order valence-corrected chi connectivity index (χ2v) is 7.31. The summed E-state index contributed by atoms with van der Waals surface area (Å²) in [4.78, 5) is 20.4. The molecule has 0 radical (unpaired) electrons. The fraction of sp³-hybridized carbons (Fsp3) is 0.364. The molecule has 27 heavy (non-hydrogen) atoms. The second-order valence-electron chi connectivity index (χ2n) is 7.31. The van der Waals surface area contributed by atoms with Crippen LogP contribution in [0.2, 0.25) is 0 Å². The molecule has 1 fully saturated rings. The van der Waals surface area contributed by atoms with Gasteiger partial charge in [0.2, 0.25) is 5.91 Å². The molecule has 4 rings (SSSR count). The van der Waals surface area contributed by atoms with Crippen molar-refractivity contribution in [3.05, 3.63) is 71.5 Å². The predicted octanol–water partition coefficient (Wildman–Crippen LogP) is 4.15. The summed E-state index contributed by atoms with van der Waals surface area (Å²) in [6.07, 6.45) is 3.56. The van der Waals surface area contributed by atoms with E-state index >= 15 is 0 Å². The van der Waals surface area contributed by atoms with Crippen molar-refractivity contribution < 1.29 is 14.0 Å². The van der Waals surface area contributed by atoms with Gasteiger partial charge < -0.3 is 9.74 Å². The van der Waals surface area contributed by atoms with E-state index in [-0.39, 0.29) is 23.7 Å². The molecule has 1 aliphatic carbocycles. The van der Waals surface area contributed by atoms with Crippen LogP contribution in [0.15, 0.2) is 59.8 Å². The lowest BCUT2D eigenvalue weighted by atomic mass is 9.84. The topological polar surface area (TPSA) is 41.9 Å². The summed E-state index contributed by atoms with van der Waals surface area (Å²) in [5, 5.41) is 4.23. The van der Waals surface area contributed by atoms with Crippen LogP contribution in [-0.4, -0.2) is 29.2 Å². The van der Waals surface area contributed by atoms with Gasteiger partial charge in [-0.05, 0) is 36.1 Å². The highest BCUT2D eigenvalue weighted by atomic mass is 19.1. The number of carbonyl (C=O) groups excluding carboxylic acids is 1. The highest BCUT2D eigenvalue weighted by molar-refractivity contribution is 6.01. The minimum atomic E-state index is -0.268. The van der Waals surface area contributed by atoms with Crippen molar-refractivity contribution in [3.63, 3.8) is 0 Å². The molecule has 1 aliphatic heterocycles. The monoisotopic (exact) mass is 366 g/mol. The average Bonchev–Trinajstić information content (AvgIpc) is 3.11. The largest absolute Gasteiger partial charge is 0.390 e. The van der Waals surface area contributed by atoms with Crippen molar-refractivity contribution in [1.29, 1.82) is 0 Å². The molecule has 1 saturated carbocycles. The van der Waals surface area contributed by atoms with Gasteiger partial charge >= 0.3 is 0 Å². The standard InChI is InChI=1S/C22H23FN2O2/c23-19-11-9-16(10-12-19)14-25(22(26)18-7-4-8-18)15-20-13-21(24-27-20)17-5-2-1-3-6-17/h1-3,5-6,9-12,18,20H,4,7-8,13-15H2/t20-/m1/s1. The number of oxime groups is 1. The van der Waals surface area contributed by atoms with Crippen LogP contribution in [0, 0.1) is 11.7 Å². The first-order valence-corrected chi connectivity index (χ1v) is 9.50. The summed E-state index contributed by atoms with van der Waals surface area (Å²) in [5.74, 6) is 0.0133. The van der Waals surface area contributed by atoms with E-state index in [2.05, 4.69) is 5.16 Å². The van der Waals surface area contributed by atoms with Crippen molar-refractivity contribution in [1.82, 2.24) is 4.90 Å². The Labute approximate surface area is 158 Å². The first kappa shape index (κ1) is 17.7. The molecule has 0 saturated heterocycles. The van der Waals surface area contributed by atoms with E-state index < -0.39 is 0 Å². The van der Waals surface area contributed by atoms with E-state index in [1.54, 1.807) is 12.1 Å². The van der Waals surface area contributed by atoms with Gasteiger partial charge in [0, 0.05) is 18.9 Å². The summed E-state index contributed by atoms with van der Waals surface area (Å²) < 4.78 is 13.2. The van der Waals surface area contributed by atoms with E-state index in [0.717, 1.165) is 36.1 Å². The Morgan fingerprint density at radius 2 is 1.85 bits per heavy atom. The number of carbonyl (C=O) groups is 1. The summed E-state index contributed by atoms with van der Waals surface area (Å²) >= 11 is 0. The maximum absolute atomic E-state index is 13.2. The van der Waals surface area contributed by atoms with Crippen molar-refractivity contribution in [2.24, 2.45) is 11.1 Å². The molecular weight excluding hydrogens is 343 g/mol. The van der Waals surface area contributed by atoms with E-state index in [0.29, 0.717) is 19.5 Å². The van der Waals surface area contributed by atoms with Crippen LogP contribution in [0.5, 0.6) is 0 Å². The number of halogens is 1. The molecule has 2 aromatic rings. The third-order valence-electron chi connectivity index (χ3n) is 5.32. The molecule has 2 aromatic carbocycles. The minimum Gasteiger partial charge on any atom is -0.390 e. The van der Waals surface area contributed by atoms with E-state index in [4.69, 9.17) is 4.84 Å². The molecule has 0 spiro atoms. The lowest BCUT2D eigenvalue weighted by Crippen LogP contribution is -2.42. The fourth-order valence-electron chi connectivity index (χ4n) is 3.53. The summed E-state index contributed by atoms with van der Waals surface area (Å²) in [7, 11) is 0. The van der Waals surface area contributed by atoms with Crippen LogP contribution in [-0.2, 0) is 16.2 Å². The fourth-order valence-corrected chi connectivity index (χ4v) is 3.53. The second kappa shape index (κ2) is 7.91. The predicted molar refractivity (Wildman–Crippen MR) is 102 cm³/mol. The summed E-state index contributed by atoms with van der Waals surface area (Å²) in [6.45, 7) is 0.961. The molecule has 2 aliphatic rings. The quantitative estimate of drug-likeness (QED) is 0.771. The van der Waals surface area contributed by atoms with Gasteiger partial charge in [-0.15, -0.1) is 0 Å². The lowest BCUT2D eigenvalue weighted by Gasteiger charge is -2.32. The molecule has 1 heterocycles. The Bertz CT molecular complexity index is 816. The van der Waals surface area contributed by atoms with Crippen molar-refractivity contribution in [2.75, 3.05) is 6.54 Å². The smallest absolute Gasteiger partial charge is 0.226 e. The maximum Gasteiger partial charge on any atom is 0.226 e. The summed E-state index contributed by atoms with van der Waals surface area (Å²) in [6, 6.07) is 16.3. The van der Waals surface area contributed by atoms with Crippen LogP contribution >= 0.6 is 0 Å². The molecule has 0 N–H and O–H groups in total. The third kappa shape index (κ3) is 4.18. The van der Waals surface area contributed by atoms with E-state index in [1.165, 1.54) is 12.1 Å². The van der Waals surface area contributed by atoms with Crippen molar-refractivity contribution >= 4 is 11.6 Å². The molecule has 5 heteroatoms. The minimum absolute atomic E-state index is 0.112. The molecule has 0 aromatic heterocycles. The van der Waals surface area contributed by atoms with Crippen LogP contribution in [0.1, 0.15) is 36.8 Å².